The molecule has 3 nitrogen and oxygen atoms in total. The van der Waals surface area contributed by atoms with Gasteiger partial charge in [-0.3, -0.25) is 0 Å². The standard InChI is InChI=1S/C11H17ClN2O/c1-14(6-7-15-2)11-5-3-4-10(12)9(11)8-13/h3-5H,6-8,13H2,1-2H3. The molecule has 0 atom stereocenters. The van der Waals surface area contributed by atoms with Gasteiger partial charge in [-0.15, -0.1) is 0 Å². The summed E-state index contributed by atoms with van der Waals surface area (Å²) in [6, 6.07) is 5.81. The maximum Gasteiger partial charge on any atom is 0.0637 e. The van der Waals surface area contributed by atoms with Crippen molar-refractivity contribution in [3.63, 3.8) is 0 Å². The Hall–Kier alpha value is -0.770. The molecular formula is C11H17ClN2O. The second-order valence-corrected chi connectivity index (χ2v) is 3.76. The molecule has 1 rings (SSSR count). The van der Waals surface area contributed by atoms with E-state index in [9.17, 15) is 0 Å². The summed E-state index contributed by atoms with van der Waals surface area (Å²) in [5.41, 5.74) is 7.73. The summed E-state index contributed by atoms with van der Waals surface area (Å²) < 4.78 is 5.03. The van der Waals surface area contributed by atoms with Crippen LogP contribution in [-0.2, 0) is 11.3 Å². The lowest BCUT2D eigenvalue weighted by molar-refractivity contribution is 0.206. The van der Waals surface area contributed by atoms with Gasteiger partial charge in [-0.1, -0.05) is 17.7 Å². The smallest absolute Gasteiger partial charge is 0.0637 e. The Morgan fingerprint density at radius 1 is 1.47 bits per heavy atom. The molecule has 0 aliphatic carbocycles. The molecule has 0 aromatic heterocycles. The lowest BCUT2D eigenvalue weighted by atomic mass is 10.1. The summed E-state index contributed by atoms with van der Waals surface area (Å²) in [4.78, 5) is 2.09. The van der Waals surface area contributed by atoms with E-state index in [4.69, 9.17) is 22.1 Å². The van der Waals surface area contributed by atoms with Crippen LogP contribution in [0.15, 0.2) is 18.2 Å². The van der Waals surface area contributed by atoms with Gasteiger partial charge in [0, 0.05) is 43.5 Å². The van der Waals surface area contributed by atoms with Crippen molar-refractivity contribution >= 4 is 17.3 Å². The van der Waals surface area contributed by atoms with Gasteiger partial charge in [0.1, 0.15) is 0 Å². The maximum atomic E-state index is 6.07. The van der Waals surface area contributed by atoms with E-state index in [0.717, 1.165) is 22.8 Å². The highest BCUT2D eigenvalue weighted by atomic mass is 35.5. The van der Waals surface area contributed by atoms with Gasteiger partial charge < -0.3 is 15.4 Å². The summed E-state index contributed by atoms with van der Waals surface area (Å²) in [6.45, 7) is 1.96. The second-order valence-electron chi connectivity index (χ2n) is 3.36. The number of ether oxygens (including phenoxy) is 1. The molecule has 0 aliphatic rings. The molecule has 2 N–H and O–H groups in total. The minimum atomic E-state index is 0.451. The number of halogens is 1. The number of nitrogens with two attached hydrogens (primary N) is 1. The molecule has 0 aliphatic heterocycles. The Balaban J connectivity index is 2.87. The van der Waals surface area contributed by atoms with E-state index >= 15 is 0 Å². The summed E-state index contributed by atoms with van der Waals surface area (Å²) >= 11 is 6.07. The molecule has 0 unspecified atom stereocenters. The van der Waals surface area contributed by atoms with E-state index in [1.54, 1.807) is 7.11 Å². The average molecular weight is 229 g/mol. The highest BCUT2D eigenvalue weighted by Gasteiger charge is 2.08. The van der Waals surface area contributed by atoms with Crippen LogP contribution >= 0.6 is 11.6 Å². The van der Waals surface area contributed by atoms with Gasteiger partial charge in [-0.25, -0.2) is 0 Å². The number of likely N-dealkylation sites (N-methyl/N-ethyl adjacent to an activating group) is 1. The fourth-order valence-electron chi connectivity index (χ4n) is 1.46. The third-order valence-corrected chi connectivity index (χ3v) is 2.69. The Kier molecular flexibility index (Phi) is 4.88. The first-order valence-corrected chi connectivity index (χ1v) is 5.26. The Labute approximate surface area is 95.8 Å². The zero-order chi connectivity index (χ0) is 11.3. The summed E-state index contributed by atoms with van der Waals surface area (Å²) in [7, 11) is 3.69. The SMILES string of the molecule is COCCN(C)c1cccc(Cl)c1CN. The molecule has 0 saturated heterocycles. The van der Waals surface area contributed by atoms with Gasteiger partial charge in [0.05, 0.1) is 6.61 Å². The maximum absolute atomic E-state index is 6.07. The molecule has 1 aromatic carbocycles. The van der Waals surface area contributed by atoms with Crippen molar-refractivity contribution in [2.75, 3.05) is 32.2 Å². The molecule has 0 heterocycles. The lowest BCUT2D eigenvalue weighted by Crippen LogP contribution is -2.23. The zero-order valence-corrected chi connectivity index (χ0v) is 9.92. The van der Waals surface area contributed by atoms with Crippen molar-refractivity contribution in [3.8, 4) is 0 Å². The zero-order valence-electron chi connectivity index (χ0n) is 9.16. The molecule has 0 fully saturated rings. The van der Waals surface area contributed by atoms with Crippen LogP contribution in [0, 0.1) is 0 Å². The number of methoxy groups -OCH3 is 1. The fraction of sp³-hybridized carbons (Fsp3) is 0.455. The van der Waals surface area contributed by atoms with Gasteiger partial charge in [0.2, 0.25) is 0 Å². The normalized spacial score (nSPS) is 10.4. The van der Waals surface area contributed by atoms with Crippen LogP contribution in [0.5, 0.6) is 0 Å². The molecule has 0 saturated carbocycles. The first-order valence-electron chi connectivity index (χ1n) is 4.88. The highest BCUT2D eigenvalue weighted by Crippen LogP contribution is 2.26. The van der Waals surface area contributed by atoms with Gasteiger partial charge in [-0.2, -0.15) is 0 Å². The van der Waals surface area contributed by atoms with Crippen molar-refractivity contribution in [1.29, 1.82) is 0 Å². The van der Waals surface area contributed by atoms with Gasteiger partial charge in [0.15, 0.2) is 0 Å². The summed E-state index contributed by atoms with van der Waals surface area (Å²) in [5, 5.41) is 0.722. The van der Waals surface area contributed by atoms with Crippen LogP contribution in [0.4, 0.5) is 5.69 Å². The topological polar surface area (TPSA) is 38.5 Å². The van der Waals surface area contributed by atoms with Crippen molar-refractivity contribution in [3.05, 3.63) is 28.8 Å². The average Bonchev–Trinajstić information content (AvgIpc) is 2.25. The second kappa shape index (κ2) is 5.95. The van der Waals surface area contributed by atoms with E-state index in [-0.39, 0.29) is 0 Å². The summed E-state index contributed by atoms with van der Waals surface area (Å²) in [5.74, 6) is 0. The first kappa shape index (κ1) is 12.3. The van der Waals surface area contributed by atoms with Crippen molar-refractivity contribution in [2.45, 2.75) is 6.54 Å². The van der Waals surface area contributed by atoms with Crippen LogP contribution in [0.25, 0.3) is 0 Å². The van der Waals surface area contributed by atoms with Crippen LogP contribution in [0.1, 0.15) is 5.56 Å². The predicted octanol–water partition coefficient (Wildman–Crippen LogP) is 1.88. The molecule has 0 spiro atoms. The molecule has 4 heteroatoms. The highest BCUT2D eigenvalue weighted by molar-refractivity contribution is 6.31. The first-order chi connectivity index (χ1) is 7.20. The largest absolute Gasteiger partial charge is 0.383 e. The number of benzene rings is 1. The van der Waals surface area contributed by atoms with Crippen molar-refractivity contribution in [1.82, 2.24) is 0 Å². The molecule has 0 bridgehead atoms. The number of hydrogen-bond acceptors (Lipinski definition) is 3. The quantitative estimate of drug-likeness (QED) is 0.837. The Morgan fingerprint density at radius 3 is 2.80 bits per heavy atom. The van der Waals surface area contributed by atoms with Crippen molar-refractivity contribution < 1.29 is 4.74 Å². The lowest BCUT2D eigenvalue weighted by Gasteiger charge is -2.22. The third-order valence-electron chi connectivity index (χ3n) is 2.34. The Bertz CT molecular complexity index is 317. The number of rotatable bonds is 5. The Morgan fingerprint density at radius 2 is 2.20 bits per heavy atom. The number of hydrogen-bond donors (Lipinski definition) is 1. The molecule has 1 aromatic rings. The minimum Gasteiger partial charge on any atom is -0.383 e. The van der Waals surface area contributed by atoms with Crippen LogP contribution in [-0.4, -0.2) is 27.3 Å². The molecule has 15 heavy (non-hydrogen) atoms. The fourth-order valence-corrected chi connectivity index (χ4v) is 1.70. The summed E-state index contributed by atoms with van der Waals surface area (Å²) in [6.07, 6.45) is 0. The molecule has 0 amide bonds. The van der Waals surface area contributed by atoms with E-state index in [2.05, 4.69) is 4.90 Å². The third kappa shape index (κ3) is 3.09. The van der Waals surface area contributed by atoms with Crippen LogP contribution in [0.2, 0.25) is 5.02 Å². The monoisotopic (exact) mass is 228 g/mol. The van der Waals surface area contributed by atoms with Crippen LogP contribution in [0.3, 0.4) is 0 Å². The van der Waals surface area contributed by atoms with Crippen molar-refractivity contribution in [2.24, 2.45) is 5.73 Å². The van der Waals surface area contributed by atoms with E-state index in [1.165, 1.54) is 0 Å². The van der Waals surface area contributed by atoms with E-state index in [0.29, 0.717) is 13.2 Å². The van der Waals surface area contributed by atoms with Gasteiger partial charge in [0.25, 0.3) is 0 Å². The van der Waals surface area contributed by atoms with Gasteiger partial charge >= 0.3 is 0 Å². The minimum absolute atomic E-state index is 0.451. The predicted molar refractivity (Wildman–Crippen MR) is 64.5 cm³/mol. The van der Waals surface area contributed by atoms with Crippen LogP contribution < -0.4 is 10.6 Å². The molecule has 84 valence electrons. The number of anilines is 1. The van der Waals surface area contributed by atoms with Gasteiger partial charge in [-0.05, 0) is 12.1 Å². The van der Waals surface area contributed by atoms with E-state index < -0.39 is 0 Å². The van der Waals surface area contributed by atoms with E-state index in [1.807, 2.05) is 25.2 Å². The number of nitrogens with zero attached hydrogens (tertiary/aromatic N) is 1. The molecular weight excluding hydrogens is 212 g/mol. The molecule has 0 radical (unpaired) electrons.